The zero-order valence-corrected chi connectivity index (χ0v) is 11.4. The molecule has 112 valence electrons. The van der Waals surface area contributed by atoms with Crippen LogP contribution in [0.1, 0.15) is 38.2 Å². The fraction of sp³-hybridized carbons (Fsp3) is 0.500. The Balaban J connectivity index is 2.96. The van der Waals surface area contributed by atoms with E-state index in [1.807, 2.05) is 6.92 Å². The van der Waals surface area contributed by atoms with Crippen LogP contribution >= 0.6 is 0 Å². The molecule has 0 amide bonds. The van der Waals surface area contributed by atoms with E-state index < -0.39 is 18.2 Å². The fourth-order valence-electron chi connectivity index (χ4n) is 1.88. The van der Waals surface area contributed by atoms with Gasteiger partial charge in [0.2, 0.25) is 0 Å². The number of hydrogen-bond donors (Lipinski definition) is 0. The van der Waals surface area contributed by atoms with Crippen molar-refractivity contribution in [2.75, 3.05) is 6.61 Å². The van der Waals surface area contributed by atoms with Crippen LogP contribution < -0.4 is 4.74 Å². The van der Waals surface area contributed by atoms with Crippen molar-refractivity contribution < 1.29 is 27.4 Å². The molecular formula is C14H17F3O3. The molecule has 0 fully saturated rings. The maximum atomic E-state index is 12.2. The second-order valence-corrected chi connectivity index (χ2v) is 4.21. The minimum Gasteiger partial charge on any atom is -0.466 e. The van der Waals surface area contributed by atoms with Crippen molar-refractivity contribution >= 4 is 5.97 Å². The summed E-state index contributed by atoms with van der Waals surface area (Å²) in [6, 6.07) is 5.45. The number of halogens is 3. The highest BCUT2D eigenvalue weighted by Crippen LogP contribution is 2.29. The standard InChI is InChI=1S/C14H17F3O3/c1-3-6-12(13(18)19-4-2)10-7-5-8-11(9-10)20-14(15,16)17/h5,7-9,12H,3-4,6H2,1-2H3. The summed E-state index contributed by atoms with van der Waals surface area (Å²) in [5.74, 6) is -1.34. The average Bonchev–Trinajstić information content (AvgIpc) is 2.34. The molecule has 1 aromatic carbocycles. The molecule has 0 spiro atoms. The first-order chi connectivity index (χ1) is 9.37. The third kappa shape index (κ3) is 5.11. The summed E-state index contributed by atoms with van der Waals surface area (Å²) in [6.07, 6.45) is -3.52. The van der Waals surface area contributed by atoms with Crippen LogP contribution in [-0.4, -0.2) is 18.9 Å². The molecule has 0 saturated carbocycles. The molecule has 3 nitrogen and oxygen atoms in total. The third-order valence-electron chi connectivity index (χ3n) is 2.64. The van der Waals surface area contributed by atoms with Gasteiger partial charge in [0.25, 0.3) is 0 Å². The fourth-order valence-corrected chi connectivity index (χ4v) is 1.88. The summed E-state index contributed by atoms with van der Waals surface area (Å²) >= 11 is 0. The predicted molar refractivity (Wildman–Crippen MR) is 67.4 cm³/mol. The van der Waals surface area contributed by atoms with E-state index in [-0.39, 0.29) is 12.4 Å². The van der Waals surface area contributed by atoms with Crippen LogP contribution in [0.15, 0.2) is 24.3 Å². The molecular weight excluding hydrogens is 273 g/mol. The van der Waals surface area contributed by atoms with Gasteiger partial charge in [0, 0.05) is 0 Å². The molecule has 0 aliphatic rings. The number of carbonyl (C=O) groups is 1. The minimum atomic E-state index is -4.75. The van der Waals surface area contributed by atoms with E-state index in [9.17, 15) is 18.0 Å². The first-order valence-corrected chi connectivity index (χ1v) is 6.39. The molecule has 0 bridgehead atoms. The van der Waals surface area contributed by atoms with E-state index in [1.54, 1.807) is 13.0 Å². The number of hydrogen-bond acceptors (Lipinski definition) is 3. The Morgan fingerprint density at radius 2 is 2.00 bits per heavy atom. The lowest BCUT2D eigenvalue weighted by Crippen LogP contribution is -2.18. The number of carbonyl (C=O) groups excluding carboxylic acids is 1. The Kier molecular flexibility index (Phi) is 5.85. The second-order valence-electron chi connectivity index (χ2n) is 4.21. The quantitative estimate of drug-likeness (QED) is 0.742. The van der Waals surface area contributed by atoms with Gasteiger partial charge >= 0.3 is 12.3 Å². The number of ether oxygens (including phenoxy) is 2. The Morgan fingerprint density at radius 3 is 2.55 bits per heavy atom. The summed E-state index contributed by atoms with van der Waals surface area (Å²) in [7, 11) is 0. The van der Waals surface area contributed by atoms with Crippen molar-refractivity contribution in [3.05, 3.63) is 29.8 Å². The minimum absolute atomic E-state index is 0.234. The van der Waals surface area contributed by atoms with Crippen LogP contribution in [0.4, 0.5) is 13.2 Å². The van der Waals surface area contributed by atoms with Gasteiger partial charge in [-0.25, -0.2) is 0 Å². The van der Waals surface area contributed by atoms with E-state index in [2.05, 4.69) is 4.74 Å². The first-order valence-electron chi connectivity index (χ1n) is 6.39. The van der Waals surface area contributed by atoms with Crippen LogP contribution in [0.3, 0.4) is 0 Å². The molecule has 0 aliphatic heterocycles. The van der Waals surface area contributed by atoms with Gasteiger partial charge in [-0.2, -0.15) is 0 Å². The van der Waals surface area contributed by atoms with Gasteiger partial charge in [0.15, 0.2) is 0 Å². The van der Waals surface area contributed by atoms with Gasteiger partial charge in [-0.15, -0.1) is 13.2 Å². The summed E-state index contributed by atoms with van der Waals surface area (Å²) in [6.45, 7) is 3.81. The Hall–Kier alpha value is -1.72. The molecule has 0 aliphatic carbocycles. The van der Waals surface area contributed by atoms with Crippen LogP contribution in [0.25, 0.3) is 0 Å². The molecule has 1 aromatic rings. The Labute approximate surface area is 115 Å². The SMILES string of the molecule is CCCC(C(=O)OCC)c1cccc(OC(F)(F)F)c1. The van der Waals surface area contributed by atoms with Crippen LogP contribution in [0.2, 0.25) is 0 Å². The van der Waals surface area contributed by atoms with E-state index in [0.717, 1.165) is 0 Å². The van der Waals surface area contributed by atoms with Crippen molar-refractivity contribution in [2.45, 2.75) is 39.0 Å². The van der Waals surface area contributed by atoms with E-state index in [0.29, 0.717) is 18.4 Å². The van der Waals surface area contributed by atoms with Crippen molar-refractivity contribution in [2.24, 2.45) is 0 Å². The molecule has 0 radical (unpaired) electrons. The molecule has 1 atom stereocenters. The second kappa shape index (κ2) is 7.17. The monoisotopic (exact) mass is 290 g/mol. The van der Waals surface area contributed by atoms with Gasteiger partial charge in [0.05, 0.1) is 12.5 Å². The number of rotatable bonds is 6. The number of esters is 1. The number of benzene rings is 1. The molecule has 1 unspecified atom stereocenters. The zero-order valence-electron chi connectivity index (χ0n) is 11.4. The molecule has 0 heterocycles. The lowest BCUT2D eigenvalue weighted by atomic mass is 9.94. The summed E-state index contributed by atoms with van der Waals surface area (Å²) in [4.78, 5) is 11.8. The smallest absolute Gasteiger partial charge is 0.466 e. The van der Waals surface area contributed by atoms with Crippen molar-refractivity contribution in [3.8, 4) is 5.75 Å². The Bertz CT molecular complexity index is 444. The molecule has 20 heavy (non-hydrogen) atoms. The van der Waals surface area contributed by atoms with Crippen LogP contribution in [0, 0.1) is 0 Å². The normalized spacial score (nSPS) is 12.8. The van der Waals surface area contributed by atoms with E-state index >= 15 is 0 Å². The van der Waals surface area contributed by atoms with Gasteiger partial charge < -0.3 is 9.47 Å². The maximum absolute atomic E-state index is 12.2. The highest BCUT2D eigenvalue weighted by atomic mass is 19.4. The van der Waals surface area contributed by atoms with Gasteiger partial charge in [-0.1, -0.05) is 25.5 Å². The largest absolute Gasteiger partial charge is 0.573 e. The predicted octanol–water partition coefficient (Wildman–Crippen LogP) is 4.03. The van der Waals surface area contributed by atoms with E-state index in [1.165, 1.54) is 18.2 Å². The Morgan fingerprint density at radius 1 is 1.30 bits per heavy atom. The van der Waals surface area contributed by atoms with Crippen molar-refractivity contribution in [1.29, 1.82) is 0 Å². The molecule has 6 heteroatoms. The summed E-state index contributed by atoms with van der Waals surface area (Å²) in [5, 5.41) is 0. The topological polar surface area (TPSA) is 35.5 Å². The van der Waals surface area contributed by atoms with Gasteiger partial charge in [-0.3, -0.25) is 4.79 Å². The van der Waals surface area contributed by atoms with Crippen molar-refractivity contribution in [1.82, 2.24) is 0 Å². The lowest BCUT2D eigenvalue weighted by Gasteiger charge is -2.16. The summed E-state index contributed by atoms with van der Waals surface area (Å²) < 4.78 is 45.4. The van der Waals surface area contributed by atoms with Gasteiger partial charge in [-0.05, 0) is 31.0 Å². The highest BCUT2D eigenvalue weighted by molar-refractivity contribution is 5.78. The number of alkyl halides is 3. The van der Waals surface area contributed by atoms with Crippen molar-refractivity contribution in [3.63, 3.8) is 0 Å². The van der Waals surface area contributed by atoms with Crippen LogP contribution in [-0.2, 0) is 9.53 Å². The van der Waals surface area contributed by atoms with Crippen LogP contribution in [0.5, 0.6) is 5.75 Å². The third-order valence-corrected chi connectivity index (χ3v) is 2.64. The van der Waals surface area contributed by atoms with Gasteiger partial charge in [0.1, 0.15) is 5.75 Å². The zero-order chi connectivity index (χ0) is 15.2. The molecule has 0 aromatic heterocycles. The summed E-state index contributed by atoms with van der Waals surface area (Å²) in [5.41, 5.74) is 0.465. The highest BCUT2D eigenvalue weighted by Gasteiger charge is 2.31. The molecule has 0 saturated heterocycles. The maximum Gasteiger partial charge on any atom is 0.573 e. The van der Waals surface area contributed by atoms with E-state index in [4.69, 9.17) is 4.74 Å². The first kappa shape index (κ1) is 16.3. The average molecular weight is 290 g/mol. The molecule has 0 N–H and O–H groups in total. The lowest BCUT2D eigenvalue weighted by molar-refractivity contribution is -0.274. The molecule has 1 rings (SSSR count).